The van der Waals surface area contributed by atoms with Crippen LogP contribution in [-0.4, -0.2) is 44.0 Å². The molecule has 6 heteroatoms. The molecule has 1 heterocycles. The molecule has 0 aromatic heterocycles. The Morgan fingerprint density at radius 2 is 1.85 bits per heavy atom. The molecule has 3 rings (SSSR count). The van der Waals surface area contributed by atoms with E-state index in [0.717, 1.165) is 17.0 Å². The number of hydrogen-bond donors (Lipinski definition) is 1. The summed E-state index contributed by atoms with van der Waals surface area (Å²) >= 11 is 0. The van der Waals surface area contributed by atoms with Gasteiger partial charge in [0.15, 0.2) is 0 Å². The van der Waals surface area contributed by atoms with Crippen molar-refractivity contribution < 1.29 is 14.3 Å². The highest BCUT2D eigenvalue weighted by Crippen LogP contribution is 2.38. The summed E-state index contributed by atoms with van der Waals surface area (Å²) in [6.07, 6.45) is -0.370. The quantitative estimate of drug-likeness (QED) is 0.897. The standard InChI is InChI=1S/C20H23N3O3/c1-4-26-15-11-9-14(10-12-15)19-22(3)20(25)16-7-5-6-8-17(16)23(19)13-18(24)21-2/h5-12,19H,4,13H2,1-3H3,(H,21,24)/t19-/m0/s1. The van der Waals surface area contributed by atoms with Gasteiger partial charge in [-0.3, -0.25) is 9.59 Å². The van der Waals surface area contributed by atoms with Crippen molar-refractivity contribution >= 4 is 17.5 Å². The number of likely N-dealkylation sites (N-methyl/N-ethyl adjacent to an activating group) is 1. The Balaban J connectivity index is 2.05. The molecule has 0 bridgehead atoms. The molecule has 2 amide bonds. The predicted molar refractivity (Wildman–Crippen MR) is 100 cm³/mol. The van der Waals surface area contributed by atoms with Gasteiger partial charge in [-0.1, -0.05) is 24.3 Å². The second-order valence-corrected chi connectivity index (χ2v) is 6.11. The van der Waals surface area contributed by atoms with Crippen molar-refractivity contribution in [2.24, 2.45) is 0 Å². The van der Waals surface area contributed by atoms with E-state index in [0.29, 0.717) is 12.2 Å². The average Bonchev–Trinajstić information content (AvgIpc) is 2.67. The largest absolute Gasteiger partial charge is 0.494 e. The van der Waals surface area contributed by atoms with Crippen LogP contribution in [0.3, 0.4) is 0 Å². The van der Waals surface area contributed by atoms with Gasteiger partial charge >= 0.3 is 0 Å². The van der Waals surface area contributed by atoms with Gasteiger partial charge in [-0.05, 0) is 36.8 Å². The molecule has 6 nitrogen and oxygen atoms in total. The lowest BCUT2D eigenvalue weighted by Gasteiger charge is -2.44. The Kier molecular flexibility index (Phi) is 5.11. The normalized spacial score (nSPS) is 16.3. The van der Waals surface area contributed by atoms with E-state index in [1.165, 1.54) is 0 Å². The molecule has 0 saturated carbocycles. The van der Waals surface area contributed by atoms with Crippen molar-refractivity contribution in [3.8, 4) is 5.75 Å². The van der Waals surface area contributed by atoms with Crippen LogP contribution in [0.15, 0.2) is 48.5 Å². The third-order valence-electron chi connectivity index (χ3n) is 4.51. The highest BCUT2D eigenvalue weighted by Gasteiger charge is 2.37. The number of hydrogen-bond acceptors (Lipinski definition) is 4. The van der Waals surface area contributed by atoms with Crippen molar-refractivity contribution in [1.82, 2.24) is 10.2 Å². The first kappa shape index (κ1) is 17.8. The van der Waals surface area contributed by atoms with Crippen LogP contribution in [0, 0.1) is 0 Å². The Morgan fingerprint density at radius 3 is 2.50 bits per heavy atom. The molecule has 0 saturated heterocycles. The van der Waals surface area contributed by atoms with Crippen LogP contribution in [0.2, 0.25) is 0 Å². The number of carbonyl (C=O) groups is 2. The number of para-hydroxylation sites is 1. The zero-order chi connectivity index (χ0) is 18.7. The highest BCUT2D eigenvalue weighted by molar-refractivity contribution is 6.02. The Hall–Kier alpha value is -3.02. The molecule has 0 unspecified atom stereocenters. The molecule has 0 aliphatic carbocycles. The van der Waals surface area contributed by atoms with Gasteiger partial charge in [0.25, 0.3) is 5.91 Å². The van der Waals surface area contributed by atoms with Crippen LogP contribution in [0.5, 0.6) is 5.75 Å². The molecule has 1 N–H and O–H groups in total. The van der Waals surface area contributed by atoms with E-state index in [9.17, 15) is 9.59 Å². The van der Waals surface area contributed by atoms with Gasteiger partial charge in [0.2, 0.25) is 5.91 Å². The van der Waals surface area contributed by atoms with Crippen LogP contribution < -0.4 is 15.0 Å². The average molecular weight is 353 g/mol. The number of carbonyl (C=O) groups excluding carboxylic acids is 2. The van der Waals surface area contributed by atoms with Gasteiger partial charge in [-0.2, -0.15) is 0 Å². The topological polar surface area (TPSA) is 61.9 Å². The summed E-state index contributed by atoms with van der Waals surface area (Å²) in [6, 6.07) is 15.0. The SMILES string of the molecule is CCOc1ccc([C@H]2N(C)C(=O)c3ccccc3N2CC(=O)NC)cc1. The van der Waals surface area contributed by atoms with E-state index >= 15 is 0 Å². The zero-order valence-electron chi connectivity index (χ0n) is 15.2. The first-order chi connectivity index (χ1) is 12.6. The number of nitrogens with one attached hydrogen (secondary N) is 1. The highest BCUT2D eigenvalue weighted by atomic mass is 16.5. The molecular weight excluding hydrogens is 330 g/mol. The lowest BCUT2D eigenvalue weighted by molar-refractivity contribution is -0.119. The van der Waals surface area contributed by atoms with Gasteiger partial charge in [0.05, 0.1) is 24.4 Å². The third kappa shape index (κ3) is 3.22. The molecule has 136 valence electrons. The second kappa shape index (κ2) is 7.47. The van der Waals surface area contributed by atoms with Crippen molar-refractivity contribution in [1.29, 1.82) is 0 Å². The van der Waals surface area contributed by atoms with E-state index in [4.69, 9.17) is 4.74 Å². The van der Waals surface area contributed by atoms with Crippen LogP contribution in [0.1, 0.15) is 29.0 Å². The summed E-state index contributed by atoms with van der Waals surface area (Å²) in [5, 5.41) is 2.66. The molecular formula is C20H23N3O3. The molecule has 1 atom stereocenters. The number of fused-ring (bicyclic) bond motifs is 1. The maximum Gasteiger partial charge on any atom is 0.257 e. The fourth-order valence-electron chi connectivity index (χ4n) is 3.26. The molecule has 2 aromatic rings. The fraction of sp³-hybridized carbons (Fsp3) is 0.300. The molecule has 0 spiro atoms. The summed E-state index contributed by atoms with van der Waals surface area (Å²) < 4.78 is 5.50. The van der Waals surface area contributed by atoms with Gasteiger partial charge in [-0.25, -0.2) is 0 Å². The van der Waals surface area contributed by atoms with Gasteiger partial charge in [0.1, 0.15) is 11.9 Å². The monoisotopic (exact) mass is 353 g/mol. The predicted octanol–water partition coefficient (Wildman–Crippen LogP) is 2.42. The first-order valence-electron chi connectivity index (χ1n) is 8.63. The van der Waals surface area contributed by atoms with E-state index in [2.05, 4.69) is 5.32 Å². The first-order valence-corrected chi connectivity index (χ1v) is 8.63. The minimum atomic E-state index is -0.370. The Bertz CT molecular complexity index is 804. The molecule has 1 aliphatic rings. The van der Waals surface area contributed by atoms with E-state index < -0.39 is 0 Å². The molecule has 1 aliphatic heterocycles. The number of amides is 2. The molecule has 0 radical (unpaired) electrons. The minimum absolute atomic E-state index is 0.0624. The van der Waals surface area contributed by atoms with Crippen LogP contribution >= 0.6 is 0 Å². The van der Waals surface area contributed by atoms with Crippen molar-refractivity contribution in [3.05, 3.63) is 59.7 Å². The number of nitrogens with zero attached hydrogens (tertiary/aromatic N) is 2. The maximum atomic E-state index is 12.8. The smallest absolute Gasteiger partial charge is 0.257 e. The van der Waals surface area contributed by atoms with Gasteiger partial charge in [0, 0.05) is 14.1 Å². The Labute approximate surface area is 153 Å². The number of anilines is 1. The summed E-state index contributed by atoms with van der Waals surface area (Å²) in [7, 11) is 3.37. The van der Waals surface area contributed by atoms with E-state index in [-0.39, 0.29) is 24.5 Å². The van der Waals surface area contributed by atoms with Crippen LogP contribution in [0.25, 0.3) is 0 Å². The molecule has 26 heavy (non-hydrogen) atoms. The van der Waals surface area contributed by atoms with Crippen molar-refractivity contribution in [3.63, 3.8) is 0 Å². The van der Waals surface area contributed by atoms with Crippen molar-refractivity contribution in [2.45, 2.75) is 13.1 Å². The summed E-state index contributed by atoms with van der Waals surface area (Å²) in [6.45, 7) is 2.68. The maximum absolute atomic E-state index is 12.8. The molecule has 0 fully saturated rings. The zero-order valence-corrected chi connectivity index (χ0v) is 15.2. The van der Waals surface area contributed by atoms with Gasteiger partial charge in [-0.15, -0.1) is 0 Å². The minimum Gasteiger partial charge on any atom is -0.494 e. The Morgan fingerprint density at radius 1 is 1.15 bits per heavy atom. The summed E-state index contributed by atoms with van der Waals surface area (Å²) in [4.78, 5) is 28.6. The van der Waals surface area contributed by atoms with Gasteiger partial charge < -0.3 is 19.9 Å². The lowest BCUT2D eigenvalue weighted by Crippen LogP contribution is -2.50. The van der Waals surface area contributed by atoms with Crippen LogP contribution in [0.4, 0.5) is 5.69 Å². The second-order valence-electron chi connectivity index (χ2n) is 6.11. The summed E-state index contributed by atoms with van der Waals surface area (Å²) in [5.41, 5.74) is 2.28. The van der Waals surface area contributed by atoms with Crippen LogP contribution in [-0.2, 0) is 4.79 Å². The number of ether oxygens (including phenoxy) is 1. The van der Waals surface area contributed by atoms with Crippen molar-refractivity contribution in [2.75, 3.05) is 32.1 Å². The lowest BCUT2D eigenvalue weighted by atomic mass is 10.0. The molecule has 2 aromatic carbocycles. The van der Waals surface area contributed by atoms with E-state index in [1.807, 2.05) is 54.3 Å². The third-order valence-corrected chi connectivity index (χ3v) is 4.51. The number of benzene rings is 2. The number of rotatable bonds is 5. The fourth-order valence-corrected chi connectivity index (χ4v) is 3.26. The summed E-state index contributed by atoms with van der Waals surface area (Å²) in [5.74, 6) is 0.602. The van der Waals surface area contributed by atoms with E-state index in [1.54, 1.807) is 25.1 Å².